The van der Waals surface area contributed by atoms with Gasteiger partial charge in [0.2, 0.25) is 15.9 Å². The average Bonchev–Trinajstić information content (AvgIpc) is 2.59. The number of anilines is 1. The lowest BCUT2D eigenvalue weighted by Gasteiger charge is -2.07. The molecule has 0 bridgehead atoms. The smallest absolute Gasteiger partial charge is 0.269 e. The molecule has 1 amide bonds. The van der Waals surface area contributed by atoms with Crippen LogP contribution >= 0.6 is 0 Å². The van der Waals surface area contributed by atoms with Gasteiger partial charge in [0, 0.05) is 17.8 Å². The number of nitrogens with zero attached hydrogens (tertiary/aromatic N) is 1. The van der Waals surface area contributed by atoms with Crippen LogP contribution < -0.4 is 15.8 Å². The van der Waals surface area contributed by atoms with Crippen LogP contribution in [0.15, 0.2) is 53.4 Å². The Bertz CT molecular complexity index is 880. The molecule has 0 saturated carbocycles. The van der Waals surface area contributed by atoms with E-state index in [2.05, 4.69) is 10.6 Å². The van der Waals surface area contributed by atoms with Crippen LogP contribution in [0.4, 0.5) is 11.4 Å². The summed E-state index contributed by atoms with van der Waals surface area (Å²) < 4.78 is 22.3. The predicted molar refractivity (Wildman–Crippen MR) is 96.1 cm³/mol. The number of non-ortho nitro benzene ring substituents is 1. The van der Waals surface area contributed by atoms with Crippen LogP contribution in [0.2, 0.25) is 0 Å². The first kappa shape index (κ1) is 19.5. The number of nitrogens with one attached hydrogen (secondary N) is 2. The zero-order valence-electron chi connectivity index (χ0n) is 13.7. The molecule has 0 radical (unpaired) electrons. The third-order valence-corrected chi connectivity index (χ3v) is 4.42. The molecule has 10 heteroatoms. The molecule has 2 aromatic rings. The number of sulfonamides is 1. The van der Waals surface area contributed by atoms with Crippen LogP contribution in [0.5, 0.6) is 0 Å². The van der Waals surface area contributed by atoms with Crippen molar-refractivity contribution in [2.45, 2.75) is 11.3 Å². The maximum absolute atomic E-state index is 11.8. The fourth-order valence-electron chi connectivity index (χ4n) is 2.15. The van der Waals surface area contributed by atoms with Gasteiger partial charge in [0.1, 0.15) is 0 Å². The van der Waals surface area contributed by atoms with Crippen molar-refractivity contribution in [1.29, 1.82) is 0 Å². The summed E-state index contributed by atoms with van der Waals surface area (Å²) in [6, 6.07) is 11.8. The number of hydrogen-bond acceptors (Lipinski definition) is 6. The molecule has 0 unspecified atom stereocenters. The predicted octanol–water partition coefficient (Wildman–Crippen LogP) is 1.01. The fourth-order valence-corrected chi connectivity index (χ4v) is 2.67. The van der Waals surface area contributed by atoms with Gasteiger partial charge < -0.3 is 10.6 Å². The van der Waals surface area contributed by atoms with Crippen molar-refractivity contribution in [3.8, 4) is 0 Å². The van der Waals surface area contributed by atoms with Gasteiger partial charge in [-0.15, -0.1) is 0 Å². The second-order valence-electron chi connectivity index (χ2n) is 5.47. The topological polar surface area (TPSA) is 144 Å². The zero-order chi connectivity index (χ0) is 19.2. The Hall–Kier alpha value is -2.82. The summed E-state index contributed by atoms with van der Waals surface area (Å²) in [5.74, 6) is -0.275. The number of benzene rings is 2. The number of nitrogens with two attached hydrogens (primary N) is 1. The summed E-state index contributed by atoms with van der Waals surface area (Å²) in [5.41, 5.74) is 1.33. The third kappa shape index (κ3) is 5.92. The van der Waals surface area contributed by atoms with Gasteiger partial charge in [0.15, 0.2) is 0 Å². The van der Waals surface area contributed by atoms with Crippen molar-refractivity contribution in [2.75, 3.05) is 18.4 Å². The molecule has 0 aliphatic heterocycles. The van der Waals surface area contributed by atoms with E-state index in [1.165, 1.54) is 36.4 Å². The minimum Gasteiger partial charge on any atom is -0.325 e. The van der Waals surface area contributed by atoms with E-state index in [1.807, 2.05) is 0 Å². The van der Waals surface area contributed by atoms with Gasteiger partial charge >= 0.3 is 0 Å². The van der Waals surface area contributed by atoms with Crippen molar-refractivity contribution in [2.24, 2.45) is 5.14 Å². The van der Waals surface area contributed by atoms with E-state index in [9.17, 15) is 23.3 Å². The van der Waals surface area contributed by atoms with E-state index >= 15 is 0 Å². The van der Waals surface area contributed by atoms with E-state index in [4.69, 9.17) is 5.14 Å². The molecule has 26 heavy (non-hydrogen) atoms. The number of nitro benzene ring substituents is 1. The Kier molecular flexibility index (Phi) is 6.39. The number of carbonyl (C=O) groups excluding carboxylic acids is 1. The summed E-state index contributed by atoms with van der Waals surface area (Å²) in [5, 5.41) is 21.2. The second kappa shape index (κ2) is 8.52. The zero-order valence-corrected chi connectivity index (χ0v) is 14.5. The largest absolute Gasteiger partial charge is 0.325 e. The van der Waals surface area contributed by atoms with Crippen molar-refractivity contribution >= 4 is 27.3 Å². The van der Waals surface area contributed by atoms with Gasteiger partial charge in [0.25, 0.3) is 5.69 Å². The van der Waals surface area contributed by atoms with Gasteiger partial charge in [0.05, 0.1) is 16.4 Å². The maximum atomic E-state index is 11.8. The molecule has 0 fully saturated rings. The highest BCUT2D eigenvalue weighted by molar-refractivity contribution is 7.89. The number of nitro groups is 1. The summed E-state index contributed by atoms with van der Waals surface area (Å²) in [6.07, 6.45) is 0.607. The molecule has 0 aliphatic rings. The molecular formula is C16H18N4O5S. The molecular weight excluding hydrogens is 360 g/mol. The van der Waals surface area contributed by atoms with Crippen LogP contribution in [-0.2, 0) is 21.2 Å². The molecule has 0 saturated heterocycles. The lowest BCUT2D eigenvalue weighted by Crippen LogP contribution is -2.29. The third-order valence-electron chi connectivity index (χ3n) is 3.49. The number of rotatable bonds is 8. The maximum Gasteiger partial charge on any atom is 0.269 e. The minimum absolute atomic E-state index is 0.0467. The Balaban J connectivity index is 1.73. The van der Waals surface area contributed by atoms with E-state index in [1.54, 1.807) is 12.1 Å². The molecule has 0 spiro atoms. The quantitative estimate of drug-likeness (QED) is 0.355. The number of primary sulfonamides is 1. The van der Waals surface area contributed by atoms with Crippen LogP contribution in [0.1, 0.15) is 5.56 Å². The first-order valence-corrected chi connectivity index (χ1v) is 9.17. The molecule has 9 nitrogen and oxygen atoms in total. The summed E-state index contributed by atoms with van der Waals surface area (Å²) >= 11 is 0. The Labute approximate surface area is 150 Å². The number of hydrogen-bond donors (Lipinski definition) is 3. The Morgan fingerprint density at radius 3 is 2.23 bits per heavy atom. The van der Waals surface area contributed by atoms with Crippen molar-refractivity contribution in [3.05, 3.63) is 64.2 Å². The fraction of sp³-hybridized carbons (Fsp3) is 0.188. The average molecular weight is 378 g/mol. The van der Waals surface area contributed by atoms with Gasteiger partial charge in [-0.25, -0.2) is 13.6 Å². The number of carbonyl (C=O) groups is 1. The first-order chi connectivity index (χ1) is 12.3. The lowest BCUT2D eigenvalue weighted by molar-refractivity contribution is -0.384. The SMILES string of the molecule is NS(=O)(=O)c1ccc(CCNCC(=O)Nc2ccc([N+](=O)[O-])cc2)cc1. The normalized spacial score (nSPS) is 11.1. The molecule has 0 aromatic heterocycles. The standard InChI is InChI=1S/C16H18N4O5S/c17-26(24,25)15-7-1-12(2-8-15)9-10-18-11-16(21)19-13-3-5-14(6-4-13)20(22)23/h1-8,18H,9-11H2,(H,19,21)(H2,17,24,25). The van der Waals surface area contributed by atoms with E-state index in [-0.39, 0.29) is 23.0 Å². The summed E-state index contributed by atoms with van der Waals surface area (Å²) in [4.78, 5) is 21.9. The molecule has 4 N–H and O–H groups in total. The van der Waals surface area contributed by atoms with Crippen molar-refractivity contribution in [3.63, 3.8) is 0 Å². The second-order valence-corrected chi connectivity index (χ2v) is 7.03. The van der Waals surface area contributed by atoms with Crippen LogP contribution in [0, 0.1) is 10.1 Å². The highest BCUT2D eigenvalue weighted by atomic mass is 32.2. The highest BCUT2D eigenvalue weighted by Crippen LogP contribution is 2.15. The minimum atomic E-state index is -3.70. The molecule has 0 aliphatic carbocycles. The van der Waals surface area contributed by atoms with Crippen LogP contribution in [0.3, 0.4) is 0 Å². The van der Waals surface area contributed by atoms with Gasteiger partial charge in [-0.05, 0) is 42.8 Å². The van der Waals surface area contributed by atoms with Crippen LogP contribution in [-0.4, -0.2) is 32.3 Å². The lowest BCUT2D eigenvalue weighted by atomic mass is 10.1. The Morgan fingerprint density at radius 1 is 1.08 bits per heavy atom. The highest BCUT2D eigenvalue weighted by Gasteiger charge is 2.08. The molecule has 2 aromatic carbocycles. The van der Waals surface area contributed by atoms with Crippen LogP contribution in [0.25, 0.3) is 0 Å². The molecule has 0 heterocycles. The number of amides is 1. The summed E-state index contributed by atoms with van der Waals surface area (Å²) in [7, 11) is -3.70. The summed E-state index contributed by atoms with van der Waals surface area (Å²) in [6.45, 7) is 0.592. The van der Waals surface area contributed by atoms with E-state index in [0.717, 1.165) is 5.56 Å². The van der Waals surface area contributed by atoms with E-state index in [0.29, 0.717) is 18.7 Å². The Morgan fingerprint density at radius 2 is 1.69 bits per heavy atom. The molecule has 0 atom stereocenters. The van der Waals surface area contributed by atoms with E-state index < -0.39 is 14.9 Å². The van der Waals surface area contributed by atoms with Gasteiger partial charge in [-0.1, -0.05) is 12.1 Å². The molecule has 2 rings (SSSR count). The van der Waals surface area contributed by atoms with Gasteiger partial charge in [-0.3, -0.25) is 14.9 Å². The first-order valence-electron chi connectivity index (χ1n) is 7.62. The molecule has 138 valence electrons. The monoisotopic (exact) mass is 378 g/mol. The van der Waals surface area contributed by atoms with Crippen molar-refractivity contribution < 1.29 is 18.1 Å². The van der Waals surface area contributed by atoms with Gasteiger partial charge in [-0.2, -0.15) is 0 Å². The van der Waals surface area contributed by atoms with Crippen molar-refractivity contribution in [1.82, 2.24) is 5.32 Å².